The van der Waals surface area contributed by atoms with E-state index in [0.717, 1.165) is 30.8 Å². The third-order valence-corrected chi connectivity index (χ3v) is 4.28. The van der Waals surface area contributed by atoms with Gasteiger partial charge in [-0.05, 0) is 29.7 Å². The molecule has 148 valence electrons. The highest BCUT2D eigenvalue weighted by Crippen LogP contribution is 2.13. The van der Waals surface area contributed by atoms with Crippen LogP contribution in [0.5, 0.6) is 5.75 Å². The Morgan fingerprint density at radius 3 is 2.37 bits per heavy atom. The molecule has 0 saturated carbocycles. The van der Waals surface area contributed by atoms with E-state index in [9.17, 15) is 5.11 Å². The Labute approximate surface area is 162 Å². The molecule has 0 aliphatic heterocycles. The maximum Gasteiger partial charge on any atom is 0.118 e. The molecule has 0 heterocycles. The molecule has 0 spiro atoms. The minimum absolute atomic E-state index is 0.318. The molecular formula is C22H31NO4. The van der Waals surface area contributed by atoms with Gasteiger partial charge in [-0.2, -0.15) is 0 Å². The van der Waals surface area contributed by atoms with Gasteiger partial charge in [-0.3, -0.25) is 4.90 Å². The first-order valence-electron chi connectivity index (χ1n) is 9.35. The van der Waals surface area contributed by atoms with Gasteiger partial charge in [-0.25, -0.2) is 0 Å². The van der Waals surface area contributed by atoms with Gasteiger partial charge < -0.3 is 19.3 Å². The van der Waals surface area contributed by atoms with Crippen LogP contribution in [0.3, 0.4) is 0 Å². The largest absolute Gasteiger partial charge is 0.497 e. The minimum Gasteiger partial charge on any atom is -0.497 e. The second-order valence-corrected chi connectivity index (χ2v) is 6.58. The third kappa shape index (κ3) is 8.54. The number of aliphatic hydroxyl groups is 1. The molecule has 0 bridgehead atoms. The molecule has 0 amide bonds. The van der Waals surface area contributed by atoms with Crippen LogP contribution in [0.4, 0.5) is 0 Å². The summed E-state index contributed by atoms with van der Waals surface area (Å²) < 4.78 is 16.0. The Morgan fingerprint density at radius 2 is 1.70 bits per heavy atom. The number of nitrogens with zero attached hydrogens (tertiary/aromatic N) is 1. The average molecular weight is 373 g/mol. The Morgan fingerprint density at radius 1 is 0.963 bits per heavy atom. The molecule has 5 heteroatoms. The Balaban J connectivity index is 1.82. The van der Waals surface area contributed by atoms with Gasteiger partial charge in [-0.15, -0.1) is 0 Å². The van der Waals surface area contributed by atoms with Crippen LogP contribution in [-0.4, -0.2) is 56.6 Å². The average Bonchev–Trinajstić information content (AvgIpc) is 2.69. The summed E-state index contributed by atoms with van der Waals surface area (Å²) in [6.07, 6.45) is 0.388. The number of benzene rings is 2. The summed E-state index contributed by atoms with van der Waals surface area (Å²) in [7, 11) is 3.37. The zero-order valence-electron chi connectivity index (χ0n) is 16.3. The lowest BCUT2D eigenvalue weighted by atomic mass is 10.2. The second kappa shape index (κ2) is 12.5. The van der Waals surface area contributed by atoms with E-state index in [2.05, 4.69) is 17.0 Å². The Hall–Kier alpha value is -1.92. The van der Waals surface area contributed by atoms with E-state index in [-0.39, 0.29) is 0 Å². The van der Waals surface area contributed by atoms with Gasteiger partial charge in [0.25, 0.3) is 0 Å². The summed E-state index contributed by atoms with van der Waals surface area (Å²) in [6.45, 7) is 3.72. The first-order chi connectivity index (χ1) is 13.2. The third-order valence-electron chi connectivity index (χ3n) is 4.28. The van der Waals surface area contributed by atoms with Gasteiger partial charge in [0.1, 0.15) is 5.75 Å². The molecule has 27 heavy (non-hydrogen) atoms. The van der Waals surface area contributed by atoms with Crippen molar-refractivity contribution < 1.29 is 19.3 Å². The standard InChI is InChI=1S/C22H31NO4/c1-25-14-6-13-23(15-19-9-11-22(26-2)12-10-19)16-21(24)18-27-17-20-7-4-3-5-8-20/h3-5,7-12,21,24H,6,13-18H2,1-2H3/t21-/m1/s1. The predicted molar refractivity (Wildman–Crippen MR) is 107 cm³/mol. The number of ether oxygens (including phenoxy) is 3. The molecule has 0 aliphatic rings. The Kier molecular flexibility index (Phi) is 9.87. The minimum atomic E-state index is -0.533. The molecule has 0 saturated heterocycles. The highest BCUT2D eigenvalue weighted by atomic mass is 16.5. The van der Waals surface area contributed by atoms with E-state index < -0.39 is 6.10 Å². The topological polar surface area (TPSA) is 51.2 Å². The van der Waals surface area contributed by atoms with Gasteiger partial charge in [-0.1, -0.05) is 42.5 Å². The van der Waals surface area contributed by atoms with Crippen LogP contribution in [0.1, 0.15) is 17.5 Å². The van der Waals surface area contributed by atoms with Gasteiger partial charge in [0.05, 0.1) is 26.4 Å². The molecule has 0 radical (unpaired) electrons. The first kappa shape index (κ1) is 21.4. The summed E-state index contributed by atoms with van der Waals surface area (Å²) in [6, 6.07) is 18.0. The van der Waals surface area contributed by atoms with Crippen LogP contribution in [0, 0.1) is 0 Å². The van der Waals surface area contributed by atoms with Crippen molar-refractivity contribution in [1.82, 2.24) is 4.90 Å². The lowest BCUT2D eigenvalue weighted by Crippen LogP contribution is -2.35. The first-order valence-corrected chi connectivity index (χ1v) is 9.35. The molecule has 1 atom stereocenters. The van der Waals surface area contributed by atoms with Gasteiger partial charge in [0.15, 0.2) is 0 Å². The number of hydrogen-bond donors (Lipinski definition) is 1. The normalized spacial score (nSPS) is 12.3. The number of rotatable bonds is 13. The van der Waals surface area contributed by atoms with E-state index in [1.165, 1.54) is 5.56 Å². The van der Waals surface area contributed by atoms with E-state index in [0.29, 0.717) is 26.4 Å². The second-order valence-electron chi connectivity index (χ2n) is 6.58. The van der Waals surface area contributed by atoms with Crippen molar-refractivity contribution in [3.63, 3.8) is 0 Å². The molecule has 2 aromatic rings. The predicted octanol–water partition coefficient (Wildman–Crippen LogP) is 3.11. The van der Waals surface area contributed by atoms with Crippen LogP contribution in [0.15, 0.2) is 54.6 Å². The van der Waals surface area contributed by atoms with Crippen LogP contribution in [0.25, 0.3) is 0 Å². The number of aliphatic hydroxyl groups excluding tert-OH is 1. The van der Waals surface area contributed by atoms with Crippen molar-refractivity contribution in [3.05, 3.63) is 65.7 Å². The van der Waals surface area contributed by atoms with Crippen molar-refractivity contribution in [2.24, 2.45) is 0 Å². The molecule has 2 rings (SSSR count). The fraction of sp³-hybridized carbons (Fsp3) is 0.455. The number of hydrogen-bond acceptors (Lipinski definition) is 5. The molecular weight excluding hydrogens is 342 g/mol. The monoisotopic (exact) mass is 373 g/mol. The van der Waals surface area contributed by atoms with Crippen LogP contribution >= 0.6 is 0 Å². The van der Waals surface area contributed by atoms with Crippen molar-refractivity contribution in [3.8, 4) is 5.75 Å². The summed E-state index contributed by atoms with van der Waals surface area (Å²) >= 11 is 0. The molecule has 0 fully saturated rings. The summed E-state index contributed by atoms with van der Waals surface area (Å²) in [4.78, 5) is 2.23. The lowest BCUT2D eigenvalue weighted by molar-refractivity contribution is 0.00738. The maximum absolute atomic E-state index is 10.4. The van der Waals surface area contributed by atoms with Crippen molar-refractivity contribution in [2.45, 2.75) is 25.7 Å². The molecule has 1 N–H and O–H groups in total. The van der Waals surface area contributed by atoms with E-state index >= 15 is 0 Å². The maximum atomic E-state index is 10.4. The van der Waals surface area contributed by atoms with Crippen molar-refractivity contribution >= 4 is 0 Å². The Bertz CT molecular complexity index is 618. The quantitative estimate of drug-likeness (QED) is 0.547. The van der Waals surface area contributed by atoms with Crippen molar-refractivity contribution in [1.29, 1.82) is 0 Å². The molecule has 5 nitrogen and oxygen atoms in total. The summed E-state index contributed by atoms with van der Waals surface area (Å²) in [5.74, 6) is 0.846. The number of methoxy groups -OCH3 is 2. The lowest BCUT2D eigenvalue weighted by Gasteiger charge is -2.25. The fourth-order valence-electron chi connectivity index (χ4n) is 2.89. The summed E-state index contributed by atoms with van der Waals surface area (Å²) in [5.41, 5.74) is 2.30. The van der Waals surface area contributed by atoms with Crippen LogP contribution in [-0.2, 0) is 22.6 Å². The van der Waals surface area contributed by atoms with Crippen molar-refractivity contribution in [2.75, 3.05) is 40.5 Å². The van der Waals surface area contributed by atoms with E-state index in [4.69, 9.17) is 14.2 Å². The van der Waals surface area contributed by atoms with Gasteiger partial charge in [0.2, 0.25) is 0 Å². The molecule has 0 aromatic heterocycles. The molecule has 0 aliphatic carbocycles. The smallest absolute Gasteiger partial charge is 0.118 e. The summed E-state index contributed by atoms with van der Waals surface area (Å²) in [5, 5.41) is 10.4. The highest BCUT2D eigenvalue weighted by molar-refractivity contribution is 5.27. The highest BCUT2D eigenvalue weighted by Gasteiger charge is 2.13. The molecule has 0 unspecified atom stereocenters. The van der Waals surface area contributed by atoms with Crippen LogP contribution in [0.2, 0.25) is 0 Å². The zero-order chi connectivity index (χ0) is 19.3. The van der Waals surface area contributed by atoms with Gasteiger partial charge >= 0.3 is 0 Å². The fourth-order valence-corrected chi connectivity index (χ4v) is 2.89. The van der Waals surface area contributed by atoms with Crippen LogP contribution < -0.4 is 4.74 Å². The zero-order valence-corrected chi connectivity index (χ0v) is 16.3. The van der Waals surface area contributed by atoms with E-state index in [1.807, 2.05) is 42.5 Å². The molecule has 2 aromatic carbocycles. The van der Waals surface area contributed by atoms with Gasteiger partial charge in [0, 0.05) is 33.4 Å². The van der Waals surface area contributed by atoms with E-state index in [1.54, 1.807) is 14.2 Å². The SMILES string of the molecule is COCCCN(Cc1ccc(OC)cc1)C[C@@H](O)COCc1ccccc1.